The topological polar surface area (TPSA) is 93.1 Å². The summed E-state index contributed by atoms with van der Waals surface area (Å²) in [4.78, 5) is 26.8. The van der Waals surface area contributed by atoms with Crippen LogP contribution < -0.4 is 4.74 Å². The molecule has 1 saturated heterocycles. The first-order chi connectivity index (χ1) is 14.0. The average molecular weight is 397 g/mol. The molecule has 1 N–H and O–H groups in total. The molecule has 8 heteroatoms. The molecule has 0 spiro atoms. The second-order valence-corrected chi connectivity index (χ2v) is 6.37. The number of halogens is 1. The van der Waals surface area contributed by atoms with E-state index in [1.54, 1.807) is 24.3 Å². The Morgan fingerprint density at radius 3 is 2.59 bits per heavy atom. The number of carbonyl (C=O) groups is 2. The molecule has 1 amide bonds. The molecule has 1 aliphatic rings. The van der Waals surface area contributed by atoms with Gasteiger partial charge in [-0.15, -0.1) is 0 Å². The van der Waals surface area contributed by atoms with Gasteiger partial charge in [0, 0.05) is 0 Å². The van der Waals surface area contributed by atoms with Crippen molar-refractivity contribution in [3.8, 4) is 5.75 Å². The Labute approximate surface area is 164 Å². The van der Waals surface area contributed by atoms with Crippen LogP contribution in [0, 0.1) is 5.82 Å². The Kier molecular flexibility index (Phi) is 4.67. The zero-order valence-corrected chi connectivity index (χ0v) is 15.3. The standard InChI is InChI=1S/C21H16FNO6/c1-27-15-7-6-12(22)10-14(15)19(24)17-18(16-5-3-9-29-16)23(21(26)20(17)25)11-13-4-2-8-28-13/h2-10,18,24H,11H2,1H3/b19-17-. The van der Waals surface area contributed by atoms with E-state index >= 15 is 0 Å². The van der Waals surface area contributed by atoms with E-state index in [0.717, 1.165) is 12.1 Å². The summed E-state index contributed by atoms with van der Waals surface area (Å²) < 4.78 is 29.7. The Morgan fingerprint density at radius 2 is 1.93 bits per heavy atom. The number of aliphatic hydroxyl groups excluding tert-OH is 1. The molecule has 3 heterocycles. The molecule has 0 radical (unpaired) electrons. The van der Waals surface area contributed by atoms with Gasteiger partial charge in [-0.1, -0.05) is 0 Å². The van der Waals surface area contributed by atoms with Gasteiger partial charge in [0.2, 0.25) is 0 Å². The molecule has 148 valence electrons. The van der Waals surface area contributed by atoms with Crippen molar-refractivity contribution in [2.24, 2.45) is 0 Å². The van der Waals surface area contributed by atoms with Crippen molar-refractivity contribution in [1.82, 2.24) is 4.90 Å². The molecule has 0 aliphatic carbocycles. The summed E-state index contributed by atoms with van der Waals surface area (Å²) in [5.41, 5.74) is -0.263. The lowest BCUT2D eigenvalue weighted by Gasteiger charge is -2.22. The van der Waals surface area contributed by atoms with Crippen LogP contribution in [-0.4, -0.2) is 28.8 Å². The van der Waals surface area contributed by atoms with E-state index in [0.29, 0.717) is 5.76 Å². The summed E-state index contributed by atoms with van der Waals surface area (Å²) in [5, 5.41) is 10.9. The van der Waals surface area contributed by atoms with E-state index in [1.807, 2.05) is 0 Å². The van der Waals surface area contributed by atoms with Crippen molar-refractivity contribution in [2.45, 2.75) is 12.6 Å². The third-order valence-corrected chi connectivity index (χ3v) is 4.68. The zero-order valence-electron chi connectivity index (χ0n) is 15.3. The molecular formula is C21H16FNO6. The van der Waals surface area contributed by atoms with E-state index in [4.69, 9.17) is 13.6 Å². The summed E-state index contributed by atoms with van der Waals surface area (Å²) in [6, 6.07) is 9.02. The number of amides is 1. The molecule has 29 heavy (non-hydrogen) atoms. The van der Waals surface area contributed by atoms with Crippen molar-refractivity contribution in [2.75, 3.05) is 7.11 Å². The van der Waals surface area contributed by atoms with Gasteiger partial charge in [-0.2, -0.15) is 0 Å². The first-order valence-corrected chi connectivity index (χ1v) is 8.69. The van der Waals surface area contributed by atoms with Gasteiger partial charge < -0.3 is 23.6 Å². The van der Waals surface area contributed by atoms with Crippen molar-refractivity contribution in [3.63, 3.8) is 0 Å². The monoisotopic (exact) mass is 397 g/mol. The van der Waals surface area contributed by atoms with Crippen molar-refractivity contribution in [1.29, 1.82) is 0 Å². The number of hydrogen-bond donors (Lipinski definition) is 1. The Bertz CT molecular complexity index is 1080. The zero-order chi connectivity index (χ0) is 20.5. The highest BCUT2D eigenvalue weighted by Crippen LogP contribution is 2.41. The highest BCUT2D eigenvalue weighted by atomic mass is 19.1. The number of Topliss-reactive ketones (excluding diaryl/α,β-unsaturated/α-hetero) is 1. The van der Waals surface area contributed by atoms with Crippen LogP contribution in [0.4, 0.5) is 4.39 Å². The summed E-state index contributed by atoms with van der Waals surface area (Å²) in [6.07, 6.45) is 2.84. The molecule has 1 aromatic carbocycles. The van der Waals surface area contributed by atoms with Crippen molar-refractivity contribution in [3.05, 3.63) is 83.5 Å². The first kappa shape index (κ1) is 18.5. The van der Waals surface area contributed by atoms with Gasteiger partial charge in [-0.3, -0.25) is 9.59 Å². The predicted molar refractivity (Wildman–Crippen MR) is 98.2 cm³/mol. The summed E-state index contributed by atoms with van der Waals surface area (Å²) in [7, 11) is 1.35. The van der Waals surface area contributed by atoms with Gasteiger partial charge in [-0.25, -0.2) is 4.39 Å². The average Bonchev–Trinajstić information content (AvgIpc) is 3.46. The minimum absolute atomic E-state index is 0.0139. The number of furan rings is 2. The summed E-state index contributed by atoms with van der Waals surface area (Å²) in [5.74, 6) is -2.06. The maximum atomic E-state index is 13.8. The number of ether oxygens (including phenoxy) is 1. The highest BCUT2D eigenvalue weighted by Gasteiger charge is 2.48. The van der Waals surface area contributed by atoms with Crippen LogP contribution in [0.15, 0.2) is 69.4 Å². The largest absolute Gasteiger partial charge is 0.507 e. The highest BCUT2D eigenvalue weighted by molar-refractivity contribution is 6.46. The number of aliphatic hydroxyl groups is 1. The fraction of sp³-hybridized carbons (Fsp3) is 0.143. The second-order valence-electron chi connectivity index (χ2n) is 6.37. The first-order valence-electron chi connectivity index (χ1n) is 8.69. The Hall–Kier alpha value is -3.81. The van der Waals surface area contributed by atoms with Crippen LogP contribution in [0.1, 0.15) is 23.1 Å². The molecule has 1 fully saturated rings. The number of rotatable bonds is 5. The van der Waals surface area contributed by atoms with Crippen molar-refractivity contribution < 1.29 is 32.7 Å². The number of likely N-dealkylation sites (tertiary alicyclic amines) is 1. The van der Waals surface area contributed by atoms with Crippen LogP contribution in [-0.2, 0) is 16.1 Å². The van der Waals surface area contributed by atoms with Crippen LogP contribution in [0.25, 0.3) is 5.76 Å². The lowest BCUT2D eigenvalue weighted by atomic mass is 9.98. The van der Waals surface area contributed by atoms with E-state index in [9.17, 15) is 19.1 Å². The summed E-state index contributed by atoms with van der Waals surface area (Å²) in [6.45, 7) is -0.0139. The number of ketones is 1. The molecular weight excluding hydrogens is 381 g/mol. The van der Waals surface area contributed by atoms with Gasteiger partial charge >= 0.3 is 0 Å². The normalized spacial score (nSPS) is 18.4. The molecule has 2 aromatic heterocycles. The summed E-state index contributed by atoms with van der Waals surface area (Å²) >= 11 is 0. The van der Waals surface area contributed by atoms with Gasteiger partial charge in [0.25, 0.3) is 11.7 Å². The predicted octanol–water partition coefficient (Wildman–Crippen LogP) is 3.64. The van der Waals surface area contributed by atoms with Gasteiger partial charge in [0.1, 0.15) is 34.9 Å². The Balaban J connectivity index is 1.89. The number of methoxy groups -OCH3 is 1. The fourth-order valence-electron chi connectivity index (χ4n) is 3.37. The molecule has 3 aromatic rings. The molecule has 7 nitrogen and oxygen atoms in total. The molecule has 1 aliphatic heterocycles. The van der Waals surface area contributed by atoms with E-state index in [1.165, 1.54) is 30.6 Å². The van der Waals surface area contributed by atoms with E-state index in [2.05, 4.69) is 0 Å². The minimum Gasteiger partial charge on any atom is -0.507 e. The maximum Gasteiger partial charge on any atom is 0.296 e. The lowest BCUT2D eigenvalue weighted by molar-refractivity contribution is -0.140. The molecule has 1 atom stereocenters. The maximum absolute atomic E-state index is 13.8. The smallest absolute Gasteiger partial charge is 0.296 e. The van der Waals surface area contributed by atoms with Gasteiger partial charge in [-0.05, 0) is 42.5 Å². The second kappa shape index (κ2) is 7.31. The SMILES string of the molecule is COc1ccc(F)cc1/C(O)=C1/C(=O)C(=O)N(Cc2ccco2)C1c1ccco1. The Morgan fingerprint density at radius 1 is 1.17 bits per heavy atom. The number of nitrogens with zero attached hydrogens (tertiary/aromatic N) is 1. The van der Waals surface area contributed by atoms with Gasteiger partial charge in [0.15, 0.2) is 0 Å². The van der Waals surface area contributed by atoms with E-state index < -0.39 is 29.3 Å². The third kappa shape index (κ3) is 3.18. The lowest BCUT2D eigenvalue weighted by Crippen LogP contribution is -2.28. The van der Waals surface area contributed by atoms with Crippen LogP contribution in [0.5, 0.6) is 5.75 Å². The molecule has 0 bridgehead atoms. The van der Waals surface area contributed by atoms with Crippen LogP contribution in [0.2, 0.25) is 0 Å². The van der Waals surface area contributed by atoms with Crippen molar-refractivity contribution >= 4 is 17.4 Å². The number of carbonyl (C=O) groups excluding carboxylic acids is 2. The third-order valence-electron chi connectivity index (χ3n) is 4.68. The molecule has 4 rings (SSSR count). The number of benzene rings is 1. The van der Waals surface area contributed by atoms with Crippen LogP contribution in [0.3, 0.4) is 0 Å². The number of hydrogen-bond acceptors (Lipinski definition) is 6. The molecule has 0 saturated carbocycles. The fourth-order valence-corrected chi connectivity index (χ4v) is 3.37. The molecule has 1 unspecified atom stereocenters. The quantitative estimate of drug-likeness (QED) is 0.401. The van der Waals surface area contributed by atoms with Crippen LogP contribution >= 0.6 is 0 Å². The van der Waals surface area contributed by atoms with E-state index in [-0.39, 0.29) is 29.2 Å². The minimum atomic E-state index is -1.01. The van der Waals surface area contributed by atoms with Gasteiger partial charge in [0.05, 0.1) is 37.3 Å².